The number of hydrogen-bond acceptors (Lipinski definition) is 1. The quantitative estimate of drug-likeness (QED) is 0.596. The van der Waals surface area contributed by atoms with Gasteiger partial charge in [-0.15, -0.1) is 6.58 Å². The maximum absolute atomic E-state index is 10.1. The molecule has 0 aromatic heterocycles. The van der Waals surface area contributed by atoms with Crippen molar-refractivity contribution in [3.8, 4) is 0 Å². The largest absolute Gasteiger partial charge is 0.481 e. The van der Waals surface area contributed by atoms with Gasteiger partial charge in [0.1, 0.15) is 0 Å². The molecule has 0 spiro atoms. The fraction of sp³-hybridized carbons (Fsp3) is 0.444. The van der Waals surface area contributed by atoms with Crippen LogP contribution in [0.25, 0.3) is 0 Å². The van der Waals surface area contributed by atoms with Crippen molar-refractivity contribution < 1.29 is 9.90 Å². The van der Waals surface area contributed by atoms with Gasteiger partial charge in [0.05, 0.1) is 0 Å². The van der Waals surface area contributed by atoms with Gasteiger partial charge in [0.25, 0.3) is 0 Å². The summed E-state index contributed by atoms with van der Waals surface area (Å²) in [6, 6.07) is 0. The Morgan fingerprint density at radius 3 is 2.45 bits per heavy atom. The van der Waals surface area contributed by atoms with Crippen molar-refractivity contribution in [1.29, 1.82) is 0 Å². The Hall–Kier alpha value is -1.05. The first kappa shape index (κ1) is 9.95. The van der Waals surface area contributed by atoms with Gasteiger partial charge in [-0.25, -0.2) is 0 Å². The van der Waals surface area contributed by atoms with E-state index in [1.807, 2.05) is 6.08 Å². The van der Waals surface area contributed by atoms with Crippen LogP contribution in [0.1, 0.15) is 25.7 Å². The molecule has 1 N–H and O–H groups in total. The fourth-order valence-corrected chi connectivity index (χ4v) is 0.715. The summed E-state index contributed by atoms with van der Waals surface area (Å²) in [7, 11) is 0. The van der Waals surface area contributed by atoms with Crippen LogP contribution in [0.4, 0.5) is 0 Å². The predicted molar refractivity (Wildman–Crippen MR) is 45.4 cm³/mol. The Morgan fingerprint density at radius 1 is 1.36 bits per heavy atom. The average molecular weight is 154 g/mol. The van der Waals surface area contributed by atoms with Crippen LogP contribution in [0.5, 0.6) is 0 Å². The van der Waals surface area contributed by atoms with Crippen LogP contribution in [-0.2, 0) is 4.79 Å². The van der Waals surface area contributed by atoms with E-state index in [0.29, 0.717) is 6.42 Å². The van der Waals surface area contributed by atoms with Crippen LogP contribution >= 0.6 is 0 Å². The molecule has 0 radical (unpaired) electrons. The van der Waals surface area contributed by atoms with Gasteiger partial charge >= 0.3 is 5.97 Å². The molecule has 0 atom stereocenters. The van der Waals surface area contributed by atoms with Gasteiger partial charge in [-0.1, -0.05) is 18.2 Å². The molecular weight excluding hydrogens is 140 g/mol. The smallest absolute Gasteiger partial charge is 0.303 e. The maximum Gasteiger partial charge on any atom is 0.303 e. The van der Waals surface area contributed by atoms with Gasteiger partial charge in [-0.2, -0.15) is 0 Å². The Bertz CT molecular complexity index is 159. The molecule has 2 heteroatoms. The van der Waals surface area contributed by atoms with Crippen LogP contribution in [0.3, 0.4) is 0 Å². The first-order valence-corrected chi connectivity index (χ1v) is 3.66. The van der Waals surface area contributed by atoms with E-state index in [9.17, 15) is 4.79 Å². The molecule has 0 aliphatic rings. The second-order valence-electron chi connectivity index (χ2n) is 2.47. The highest BCUT2D eigenvalue weighted by Gasteiger charge is 1.98. The highest BCUT2D eigenvalue weighted by atomic mass is 16.4. The monoisotopic (exact) mass is 154 g/mol. The molecule has 11 heavy (non-hydrogen) atoms. The summed E-state index contributed by atoms with van der Waals surface area (Å²) in [5, 5.41) is 8.33. The predicted octanol–water partition coefficient (Wildman–Crippen LogP) is 2.37. The van der Waals surface area contributed by atoms with Crippen molar-refractivity contribution in [2.45, 2.75) is 25.7 Å². The Labute approximate surface area is 67.2 Å². The zero-order valence-corrected chi connectivity index (χ0v) is 6.68. The summed E-state index contributed by atoms with van der Waals surface area (Å²) in [5.74, 6) is -0.759. The Balaban J connectivity index is 3.37. The normalized spacial score (nSPS) is 9.09. The van der Waals surface area contributed by atoms with E-state index in [1.165, 1.54) is 0 Å². The van der Waals surface area contributed by atoms with Crippen LogP contribution in [0, 0.1) is 0 Å². The summed E-state index contributed by atoms with van der Waals surface area (Å²) in [4.78, 5) is 10.1. The van der Waals surface area contributed by atoms with Crippen molar-refractivity contribution in [1.82, 2.24) is 0 Å². The van der Waals surface area contributed by atoms with E-state index < -0.39 is 5.97 Å². The number of rotatable bonds is 6. The van der Waals surface area contributed by atoms with Crippen LogP contribution < -0.4 is 0 Å². The second-order valence-corrected chi connectivity index (χ2v) is 2.47. The SMILES string of the molecule is C=CCCC(=C)CCC(=O)O. The van der Waals surface area contributed by atoms with E-state index in [2.05, 4.69) is 13.2 Å². The van der Waals surface area contributed by atoms with E-state index in [0.717, 1.165) is 18.4 Å². The van der Waals surface area contributed by atoms with Gasteiger partial charge < -0.3 is 5.11 Å². The first-order chi connectivity index (χ1) is 5.16. The fourth-order valence-electron chi connectivity index (χ4n) is 0.715. The third-order valence-corrected chi connectivity index (χ3v) is 1.39. The minimum atomic E-state index is -0.759. The minimum Gasteiger partial charge on any atom is -0.481 e. The molecule has 0 aliphatic heterocycles. The zero-order valence-electron chi connectivity index (χ0n) is 6.68. The lowest BCUT2D eigenvalue weighted by Gasteiger charge is -1.99. The van der Waals surface area contributed by atoms with Gasteiger partial charge in [0.15, 0.2) is 0 Å². The molecule has 0 heterocycles. The zero-order chi connectivity index (χ0) is 8.69. The summed E-state index contributed by atoms with van der Waals surface area (Å²) in [6.45, 7) is 7.32. The molecular formula is C9H14O2. The third kappa shape index (κ3) is 6.84. The standard InChI is InChI=1S/C9H14O2/c1-3-4-5-8(2)6-7-9(10)11/h3H,1-2,4-7H2,(H,10,11). The van der Waals surface area contributed by atoms with Crippen LogP contribution in [-0.4, -0.2) is 11.1 Å². The van der Waals surface area contributed by atoms with E-state index >= 15 is 0 Å². The van der Waals surface area contributed by atoms with Crippen molar-refractivity contribution in [3.05, 3.63) is 24.8 Å². The summed E-state index contributed by atoms with van der Waals surface area (Å²) in [5.41, 5.74) is 0.993. The lowest BCUT2D eigenvalue weighted by molar-refractivity contribution is -0.136. The third-order valence-electron chi connectivity index (χ3n) is 1.39. The van der Waals surface area contributed by atoms with E-state index in [4.69, 9.17) is 5.11 Å². The van der Waals surface area contributed by atoms with E-state index in [1.54, 1.807) is 0 Å². The lowest BCUT2D eigenvalue weighted by atomic mass is 10.1. The summed E-state index contributed by atoms with van der Waals surface area (Å²) < 4.78 is 0. The molecule has 0 fully saturated rings. The molecule has 62 valence electrons. The molecule has 0 aliphatic carbocycles. The summed E-state index contributed by atoms with van der Waals surface area (Å²) >= 11 is 0. The number of hydrogen-bond donors (Lipinski definition) is 1. The molecule has 0 amide bonds. The van der Waals surface area contributed by atoms with Crippen molar-refractivity contribution >= 4 is 5.97 Å². The lowest BCUT2D eigenvalue weighted by Crippen LogP contribution is -1.94. The Kier molecular flexibility index (Phi) is 5.17. The second kappa shape index (κ2) is 5.71. The maximum atomic E-state index is 10.1. The number of aliphatic carboxylic acids is 1. The van der Waals surface area contributed by atoms with Gasteiger partial charge in [0, 0.05) is 6.42 Å². The number of carboxylic acids is 1. The molecule has 0 unspecified atom stereocenters. The van der Waals surface area contributed by atoms with Gasteiger partial charge in [0.2, 0.25) is 0 Å². The topological polar surface area (TPSA) is 37.3 Å². The first-order valence-electron chi connectivity index (χ1n) is 3.66. The molecule has 0 bridgehead atoms. The number of carboxylic acid groups (broad SMARTS) is 1. The number of allylic oxidation sites excluding steroid dienone is 2. The minimum absolute atomic E-state index is 0.190. The van der Waals surface area contributed by atoms with Crippen molar-refractivity contribution in [2.24, 2.45) is 0 Å². The van der Waals surface area contributed by atoms with Gasteiger partial charge in [-0.05, 0) is 19.3 Å². The van der Waals surface area contributed by atoms with Gasteiger partial charge in [-0.3, -0.25) is 4.79 Å². The molecule has 0 aromatic rings. The van der Waals surface area contributed by atoms with Crippen molar-refractivity contribution in [3.63, 3.8) is 0 Å². The highest BCUT2D eigenvalue weighted by molar-refractivity contribution is 5.66. The van der Waals surface area contributed by atoms with E-state index in [-0.39, 0.29) is 6.42 Å². The Morgan fingerprint density at radius 2 is 2.00 bits per heavy atom. The molecule has 2 nitrogen and oxygen atoms in total. The molecule has 0 aromatic carbocycles. The average Bonchev–Trinajstić information content (AvgIpc) is 1.97. The molecule has 0 rings (SSSR count). The van der Waals surface area contributed by atoms with Crippen molar-refractivity contribution in [2.75, 3.05) is 0 Å². The highest BCUT2D eigenvalue weighted by Crippen LogP contribution is 2.09. The van der Waals surface area contributed by atoms with Crippen LogP contribution in [0.2, 0.25) is 0 Å². The molecule has 0 saturated heterocycles. The molecule has 0 saturated carbocycles. The number of carbonyl (C=O) groups is 1. The summed E-state index contributed by atoms with van der Waals surface area (Å²) in [6.07, 6.45) is 4.33. The van der Waals surface area contributed by atoms with Crippen LogP contribution in [0.15, 0.2) is 24.8 Å².